The maximum Gasteiger partial charge on any atom is 0.414 e. The fourth-order valence-electron chi connectivity index (χ4n) is 3.89. The van der Waals surface area contributed by atoms with Crippen molar-refractivity contribution < 1.29 is 9.53 Å². The van der Waals surface area contributed by atoms with Crippen molar-refractivity contribution in [2.45, 2.75) is 25.4 Å². The lowest BCUT2D eigenvalue weighted by Crippen LogP contribution is -2.29. The van der Waals surface area contributed by atoms with Crippen LogP contribution in [0.15, 0.2) is 23.8 Å². The fourth-order valence-corrected chi connectivity index (χ4v) is 3.89. The van der Waals surface area contributed by atoms with Gasteiger partial charge in [0.2, 0.25) is 0 Å². The number of carbonyl (C=O) groups is 1. The van der Waals surface area contributed by atoms with Crippen LogP contribution in [0.25, 0.3) is 5.70 Å². The van der Waals surface area contributed by atoms with E-state index >= 15 is 0 Å². The second-order valence-electron chi connectivity index (χ2n) is 6.82. The molecule has 6 nitrogen and oxygen atoms in total. The number of benzene rings is 1. The van der Waals surface area contributed by atoms with Crippen LogP contribution in [-0.4, -0.2) is 50.9 Å². The predicted octanol–water partition coefficient (Wildman–Crippen LogP) is 1.73. The van der Waals surface area contributed by atoms with Gasteiger partial charge in [0.15, 0.2) is 0 Å². The van der Waals surface area contributed by atoms with E-state index in [1.54, 1.807) is 4.90 Å². The van der Waals surface area contributed by atoms with Gasteiger partial charge in [-0.25, -0.2) is 9.80 Å². The molecule has 6 heteroatoms. The van der Waals surface area contributed by atoms with E-state index in [0.717, 1.165) is 31.5 Å². The Morgan fingerprint density at radius 1 is 1.38 bits per heavy atom. The minimum atomic E-state index is -0.248. The Kier molecular flexibility index (Phi) is 3.94. The third-order valence-corrected chi connectivity index (χ3v) is 4.98. The maximum atomic E-state index is 12.2. The van der Waals surface area contributed by atoms with Crippen molar-refractivity contribution in [1.82, 2.24) is 15.8 Å². The quantitative estimate of drug-likeness (QED) is 0.885. The molecule has 1 aromatic carbocycles. The van der Waals surface area contributed by atoms with E-state index in [9.17, 15) is 4.79 Å². The number of nitrogens with zero attached hydrogens (tertiary/aromatic N) is 2. The van der Waals surface area contributed by atoms with Gasteiger partial charge in [-0.2, -0.15) is 0 Å². The van der Waals surface area contributed by atoms with E-state index in [2.05, 4.69) is 34.9 Å². The lowest BCUT2D eigenvalue weighted by atomic mass is 10.0. The first kappa shape index (κ1) is 15.5. The van der Waals surface area contributed by atoms with Gasteiger partial charge in [-0.1, -0.05) is 6.07 Å². The van der Waals surface area contributed by atoms with E-state index in [0.29, 0.717) is 13.1 Å². The summed E-state index contributed by atoms with van der Waals surface area (Å²) in [6.45, 7) is 2.27. The predicted molar refractivity (Wildman–Crippen MR) is 93.6 cm³/mol. The molecule has 0 aromatic heterocycles. The Hall–Kier alpha value is -2.05. The largest absolute Gasteiger partial charge is 0.443 e. The first-order valence-electron chi connectivity index (χ1n) is 8.61. The molecule has 0 radical (unpaired) electrons. The van der Waals surface area contributed by atoms with Crippen molar-refractivity contribution in [3.05, 3.63) is 34.9 Å². The molecular formula is C18H24N4O2. The third kappa shape index (κ3) is 2.65. The summed E-state index contributed by atoms with van der Waals surface area (Å²) in [6.07, 6.45) is 3.00. The number of hydrazine groups is 1. The van der Waals surface area contributed by atoms with Gasteiger partial charge in [0.25, 0.3) is 0 Å². The standard InChI is InChI=1S/C18H24N4O2/c1-19-9-15-11-22(18(23)24-15)14-6-7-16-12(8-14)4-3-5-13-10-21(2)20-17(13)16/h6-8,15,19-20H,3-5,9-11H2,1-2H3. The zero-order valence-electron chi connectivity index (χ0n) is 14.3. The van der Waals surface area contributed by atoms with Crippen molar-refractivity contribution in [3.63, 3.8) is 0 Å². The van der Waals surface area contributed by atoms with Crippen molar-refractivity contribution >= 4 is 17.5 Å². The molecule has 24 heavy (non-hydrogen) atoms. The van der Waals surface area contributed by atoms with Gasteiger partial charge in [0.05, 0.1) is 12.2 Å². The second kappa shape index (κ2) is 6.11. The molecule has 3 aliphatic rings. The highest BCUT2D eigenvalue weighted by atomic mass is 16.6. The summed E-state index contributed by atoms with van der Waals surface area (Å²) in [6, 6.07) is 6.35. The molecule has 2 aliphatic heterocycles. The summed E-state index contributed by atoms with van der Waals surface area (Å²) in [5, 5.41) is 5.20. The molecule has 2 N–H and O–H groups in total. The molecular weight excluding hydrogens is 304 g/mol. The number of anilines is 1. The van der Waals surface area contributed by atoms with Crippen LogP contribution in [0.5, 0.6) is 0 Å². The summed E-state index contributed by atoms with van der Waals surface area (Å²) in [4.78, 5) is 13.9. The monoisotopic (exact) mass is 328 g/mol. The molecule has 1 unspecified atom stereocenters. The van der Waals surface area contributed by atoms with Crippen molar-refractivity contribution in [3.8, 4) is 0 Å². The van der Waals surface area contributed by atoms with E-state index in [1.807, 2.05) is 13.1 Å². The zero-order chi connectivity index (χ0) is 16.7. The minimum absolute atomic E-state index is 0.0826. The van der Waals surface area contributed by atoms with Crippen molar-refractivity contribution in [2.24, 2.45) is 0 Å². The van der Waals surface area contributed by atoms with Gasteiger partial charge in [0.1, 0.15) is 6.10 Å². The molecule has 1 fully saturated rings. The number of rotatable bonds is 3. The van der Waals surface area contributed by atoms with Gasteiger partial charge >= 0.3 is 6.09 Å². The molecule has 0 bridgehead atoms. The minimum Gasteiger partial charge on any atom is -0.443 e. The van der Waals surface area contributed by atoms with Crippen LogP contribution in [-0.2, 0) is 11.2 Å². The van der Waals surface area contributed by atoms with E-state index < -0.39 is 0 Å². The number of carbonyl (C=O) groups excluding carboxylic acids is 1. The van der Waals surface area contributed by atoms with Gasteiger partial charge in [0, 0.05) is 31.4 Å². The molecule has 2 heterocycles. The van der Waals surface area contributed by atoms with Gasteiger partial charge in [-0.3, -0.25) is 4.90 Å². The van der Waals surface area contributed by atoms with Crippen LogP contribution in [0, 0.1) is 0 Å². The summed E-state index contributed by atoms with van der Waals surface area (Å²) < 4.78 is 5.42. The van der Waals surface area contributed by atoms with Crippen LogP contribution in [0.2, 0.25) is 0 Å². The summed E-state index contributed by atoms with van der Waals surface area (Å²) >= 11 is 0. The lowest BCUT2D eigenvalue weighted by Gasteiger charge is -2.18. The number of hydrogen-bond acceptors (Lipinski definition) is 5. The lowest BCUT2D eigenvalue weighted by molar-refractivity contribution is 0.141. The number of likely N-dealkylation sites (N-methyl/N-ethyl adjacent to an activating group) is 2. The Morgan fingerprint density at radius 2 is 2.25 bits per heavy atom. The van der Waals surface area contributed by atoms with Crippen molar-refractivity contribution in [1.29, 1.82) is 0 Å². The number of amides is 1. The number of hydrogen-bond donors (Lipinski definition) is 2. The van der Waals surface area contributed by atoms with Crippen LogP contribution in [0.1, 0.15) is 24.0 Å². The highest BCUT2D eigenvalue weighted by molar-refractivity contribution is 5.90. The number of fused-ring (bicyclic) bond motifs is 2. The first-order chi connectivity index (χ1) is 11.7. The molecule has 0 spiro atoms. The Labute approximate surface area is 142 Å². The van der Waals surface area contributed by atoms with Crippen LogP contribution >= 0.6 is 0 Å². The van der Waals surface area contributed by atoms with E-state index in [1.165, 1.54) is 22.4 Å². The summed E-state index contributed by atoms with van der Waals surface area (Å²) in [5.41, 5.74) is 9.74. The number of nitrogens with one attached hydrogen (secondary N) is 2. The number of cyclic esters (lactones) is 1. The smallest absolute Gasteiger partial charge is 0.414 e. The van der Waals surface area contributed by atoms with Crippen LogP contribution in [0.3, 0.4) is 0 Å². The molecule has 1 aromatic rings. The van der Waals surface area contributed by atoms with Crippen molar-refractivity contribution in [2.75, 3.05) is 38.6 Å². The number of aryl methyl sites for hydroxylation is 1. The van der Waals surface area contributed by atoms with Gasteiger partial charge < -0.3 is 15.5 Å². The summed E-state index contributed by atoms with van der Waals surface area (Å²) in [5.74, 6) is 0. The molecule has 1 atom stereocenters. The molecule has 128 valence electrons. The SMILES string of the molecule is CNCC1CN(c2ccc3c(c2)CCCC2=C3NN(C)C2)C(=O)O1. The molecule has 1 saturated heterocycles. The Bertz CT molecular complexity index is 700. The van der Waals surface area contributed by atoms with E-state index in [-0.39, 0.29) is 12.2 Å². The average Bonchev–Trinajstić information content (AvgIpc) is 3.06. The van der Waals surface area contributed by atoms with Crippen LogP contribution < -0.4 is 15.6 Å². The summed E-state index contributed by atoms with van der Waals surface area (Å²) in [7, 11) is 3.95. The number of ether oxygens (including phenoxy) is 1. The maximum absolute atomic E-state index is 12.2. The second-order valence-corrected chi connectivity index (χ2v) is 6.82. The normalized spacial score (nSPS) is 23.7. The van der Waals surface area contributed by atoms with Gasteiger partial charge in [-0.05, 0) is 49.6 Å². The third-order valence-electron chi connectivity index (χ3n) is 4.98. The van der Waals surface area contributed by atoms with E-state index in [4.69, 9.17) is 4.74 Å². The molecule has 1 amide bonds. The molecule has 1 aliphatic carbocycles. The Balaban J connectivity index is 1.63. The highest BCUT2D eigenvalue weighted by Crippen LogP contribution is 2.34. The first-order valence-corrected chi connectivity index (χ1v) is 8.61. The topological polar surface area (TPSA) is 56.8 Å². The Morgan fingerprint density at radius 3 is 3.08 bits per heavy atom. The highest BCUT2D eigenvalue weighted by Gasteiger charge is 2.32. The van der Waals surface area contributed by atoms with Crippen LogP contribution in [0.4, 0.5) is 10.5 Å². The van der Waals surface area contributed by atoms with Gasteiger partial charge in [-0.15, -0.1) is 0 Å². The average molecular weight is 328 g/mol. The fraction of sp³-hybridized carbons (Fsp3) is 0.500. The molecule has 4 rings (SSSR count). The zero-order valence-corrected chi connectivity index (χ0v) is 14.3. The molecule has 0 saturated carbocycles.